The lowest BCUT2D eigenvalue weighted by molar-refractivity contribution is 1.15. The van der Waals surface area contributed by atoms with Gasteiger partial charge in [0.05, 0.1) is 4.47 Å². The molecule has 3 nitrogen and oxygen atoms in total. The van der Waals surface area contributed by atoms with Crippen LogP contribution in [0.5, 0.6) is 0 Å². The minimum atomic E-state index is 0.781. The number of benzene rings is 1. The van der Waals surface area contributed by atoms with Crippen LogP contribution in [0, 0.1) is 13.8 Å². The SMILES string of the molecule is Cc1cccc(Nc2ncncc2Br)c1C. The number of halogens is 1. The predicted octanol–water partition coefficient (Wildman–Crippen LogP) is 3.60. The summed E-state index contributed by atoms with van der Waals surface area (Å²) in [6.45, 7) is 4.18. The lowest BCUT2D eigenvalue weighted by Crippen LogP contribution is -1.98. The van der Waals surface area contributed by atoms with Crippen molar-refractivity contribution in [2.75, 3.05) is 5.32 Å². The third-order valence-electron chi connectivity index (χ3n) is 2.53. The summed E-state index contributed by atoms with van der Waals surface area (Å²) < 4.78 is 0.857. The van der Waals surface area contributed by atoms with E-state index in [-0.39, 0.29) is 0 Å². The molecule has 0 unspecified atom stereocenters. The minimum absolute atomic E-state index is 0.781. The van der Waals surface area contributed by atoms with Gasteiger partial charge in [0, 0.05) is 11.9 Å². The van der Waals surface area contributed by atoms with E-state index in [0.717, 1.165) is 16.0 Å². The first kappa shape index (κ1) is 11.1. The molecule has 1 aromatic heterocycles. The number of nitrogens with one attached hydrogen (secondary N) is 1. The average molecular weight is 278 g/mol. The molecule has 0 aliphatic carbocycles. The van der Waals surface area contributed by atoms with Crippen LogP contribution in [0.25, 0.3) is 0 Å². The summed E-state index contributed by atoms with van der Waals surface area (Å²) in [5.74, 6) is 0.781. The molecule has 2 rings (SSSR count). The molecule has 0 saturated heterocycles. The number of hydrogen-bond donors (Lipinski definition) is 1. The molecule has 0 saturated carbocycles. The van der Waals surface area contributed by atoms with Crippen LogP contribution in [0.3, 0.4) is 0 Å². The fraction of sp³-hybridized carbons (Fsp3) is 0.167. The Morgan fingerprint density at radius 2 is 2.06 bits per heavy atom. The van der Waals surface area contributed by atoms with Crippen LogP contribution in [0.1, 0.15) is 11.1 Å². The lowest BCUT2D eigenvalue weighted by Gasteiger charge is -2.11. The van der Waals surface area contributed by atoms with E-state index in [9.17, 15) is 0 Å². The molecule has 1 aromatic carbocycles. The van der Waals surface area contributed by atoms with Gasteiger partial charge in [0.1, 0.15) is 12.1 Å². The highest BCUT2D eigenvalue weighted by molar-refractivity contribution is 9.10. The Labute approximate surface area is 103 Å². The Morgan fingerprint density at radius 3 is 2.81 bits per heavy atom. The molecule has 0 bridgehead atoms. The zero-order valence-corrected chi connectivity index (χ0v) is 10.7. The number of anilines is 2. The smallest absolute Gasteiger partial charge is 0.148 e. The van der Waals surface area contributed by atoms with Crippen molar-refractivity contribution in [3.05, 3.63) is 46.3 Å². The largest absolute Gasteiger partial charge is 0.339 e. The van der Waals surface area contributed by atoms with E-state index >= 15 is 0 Å². The fourth-order valence-corrected chi connectivity index (χ4v) is 1.74. The number of aromatic nitrogens is 2. The molecule has 16 heavy (non-hydrogen) atoms. The van der Waals surface area contributed by atoms with Gasteiger partial charge >= 0.3 is 0 Å². The van der Waals surface area contributed by atoms with Crippen LogP contribution >= 0.6 is 15.9 Å². The number of rotatable bonds is 2. The summed E-state index contributed by atoms with van der Waals surface area (Å²) in [5, 5.41) is 3.28. The second kappa shape index (κ2) is 4.61. The summed E-state index contributed by atoms with van der Waals surface area (Å²) in [4.78, 5) is 8.10. The maximum absolute atomic E-state index is 4.18. The van der Waals surface area contributed by atoms with Crippen LogP contribution in [0.2, 0.25) is 0 Å². The minimum Gasteiger partial charge on any atom is -0.339 e. The van der Waals surface area contributed by atoms with E-state index in [1.165, 1.54) is 17.5 Å². The summed E-state index contributed by atoms with van der Waals surface area (Å²) >= 11 is 3.41. The van der Waals surface area contributed by atoms with Crippen LogP contribution in [0.15, 0.2) is 35.2 Å². The molecule has 0 spiro atoms. The molecule has 4 heteroatoms. The van der Waals surface area contributed by atoms with Crippen molar-refractivity contribution in [3.63, 3.8) is 0 Å². The zero-order valence-electron chi connectivity index (χ0n) is 9.16. The molecule has 0 atom stereocenters. The Kier molecular flexibility index (Phi) is 3.19. The Balaban J connectivity index is 2.35. The number of aryl methyl sites for hydroxylation is 1. The van der Waals surface area contributed by atoms with Gasteiger partial charge in [-0.15, -0.1) is 0 Å². The summed E-state index contributed by atoms with van der Waals surface area (Å²) in [6.07, 6.45) is 3.25. The van der Waals surface area contributed by atoms with Gasteiger partial charge in [0.2, 0.25) is 0 Å². The van der Waals surface area contributed by atoms with Gasteiger partial charge in [-0.2, -0.15) is 0 Å². The van der Waals surface area contributed by atoms with Gasteiger partial charge in [0.25, 0.3) is 0 Å². The maximum atomic E-state index is 4.18. The first-order chi connectivity index (χ1) is 7.68. The summed E-state index contributed by atoms with van der Waals surface area (Å²) in [5.41, 5.74) is 3.56. The lowest BCUT2D eigenvalue weighted by atomic mass is 10.1. The molecular formula is C12H12BrN3. The molecule has 0 aliphatic heterocycles. The van der Waals surface area contributed by atoms with E-state index in [0.29, 0.717) is 0 Å². The van der Waals surface area contributed by atoms with Crippen LogP contribution in [0.4, 0.5) is 11.5 Å². The second-order valence-corrected chi connectivity index (χ2v) is 4.45. The van der Waals surface area contributed by atoms with Crippen molar-refractivity contribution in [2.45, 2.75) is 13.8 Å². The Morgan fingerprint density at radius 1 is 1.25 bits per heavy atom. The molecular weight excluding hydrogens is 266 g/mol. The molecule has 0 radical (unpaired) electrons. The normalized spacial score (nSPS) is 10.2. The van der Waals surface area contributed by atoms with Crippen molar-refractivity contribution < 1.29 is 0 Å². The average Bonchev–Trinajstić information content (AvgIpc) is 2.28. The Hall–Kier alpha value is -1.42. The van der Waals surface area contributed by atoms with E-state index in [1.54, 1.807) is 6.20 Å². The highest BCUT2D eigenvalue weighted by atomic mass is 79.9. The highest BCUT2D eigenvalue weighted by Crippen LogP contribution is 2.25. The van der Waals surface area contributed by atoms with Crippen LogP contribution in [-0.4, -0.2) is 9.97 Å². The van der Waals surface area contributed by atoms with E-state index in [4.69, 9.17) is 0 Å². The zero-order chi connectivity index (χ0) is 11.5. The van der Waals surface area contributed by atoms with Crippen LogP contribution < -0.4 is 5.32 Å². The van der Waals surface area contributed by atoms with E-state index in [1.807, 2.05) is 12.1 Å². The third kappa shape index (κ3) is 2.22. The quantitative estimate of drug-likeness (QED) is 0.912. The standard InChI is InChI=1S/C12H12BrN3/c1-8-4-3-5-11(9(8)2)16-12-10(13)6-14-7-15-12/h3-7H,1-2H3,(H,14,15,16). The highest BCUT2D eigenvalue weighted by Gasteiger charge is 2.04. The van der Waals surface area contributed by atoms with Gasteiger partial charge in [-0.05, 0) is 47.0 Å². The molecule has 0 aliphatic rings. The van der Waals surface area contributed by atoms with Gasteiger partial charge < -0.3 is 5.32 Å². The summed E-state index contributed by atoms with van der Waals surface area (Å²) in [7, 11) is 0. The molecule has 1 N–H and O–H groups in total. The van der Waals surface area contributed by atoms with E-state index in [2.05, 4.69) is 51.1 Å². The van der Waals surface area contributed by atoms with Gasteiger partial charge in [-0.1, -0.05) is 12.1 Å². The van der Waals surface area contributed by atoms with E-state index < -0.39 is 0 Å². The Bertz CT molecular complexity index is 511. The topological polar surface area (TPSA) is 37.8 Å². The first-order valence-electron chi connectivity index (χ1n) is 4.97. The van der Waals surface area contributed by atoms with Gasteiger partial charge in [-0.25, -0.2) is 9.97 Å². The molecule has 2 aromatic rings. The number of hydrogen-bond acceptors (Lipinski definition) is 3. The molecule has 0 fully saturated rings. The van der Waals surface area contributed by atoms with Gasteiger partial charge in [0.15, 0.2) is 0 Å². The molecule has 82 valence electrons. The van der Waals surface area contributed by atoms with Crippen LogP contribution in [-0.2, 0) is 0 Å². The second-order valence-electron chi connectivity index (χ2n) is 3.59. The molecule has 0 amide bonds. The van der Waals surface area contributed by atoms with Gasteiger partial charge in [-0.3, -0.25) is 0 Å². The first-order valence-corrected chi connectivity index (χ1v) is 5.76. The van der Waals surface area contributed by atoms with Crippen molar-refractivity contribution in [1.82, 2.24) is 9.97 Å². The van der Waals surface area contributed by atoms with Crippen molar-refractivity contribution in [1.29, 1.82) is 0 Å². The van der Waals surface area contributed by atoms with Crippen molar-refractivity contribution in [2.24, 2.45) is 0 Å². The summed E-state index contributed by atoms with van der Waals surface area (Å²) in [6, 6.07) is 6.16. The maximum Gasteiger partial charge on any atom is 0.148 e. The monoisotopic (exact) mass is 277 g/mol. The predicted molar refractivity (Wildman–Crippen MR) is 68.9 cm³/mol. The van der Waals surface area contributed by atoms with Crippen molar-refractivity contribution in [3.8, 4) is 0 Å². The third-order valence-corrected chi connectivity index (χ3v) is 3.11. The van der Waals surface area contributed by atoms with Crippen molar-refractivity contribution >= 4 is 27.4 Å². The fourth-order valence-electron chi connectivity index (χ4n) is 1.42. The molecule has 1 heterocycles. The number of nitrogens with zero attached hydrogens (tertiary/aromatic N) is 2.